The zero-order chi connectivity index (χ0) is 18.6. The van der Waals surface area contributed by atoms with E-state index in [1.807, 2.05) is 0 Å². The molecule has 0 aromatic carbocycles. The van der Waals surface area contributed by atoms with Crippen molar-refractivity contribution in [1.82, 2.24) is 0 Å². The number of aliphatic hydroxyl groups excluding tert-OH is 1. The predicted molar refractivity (Wildman–Crippen MR) is 104 cm³/mol. The van der Waals surface area contributed by atoms with E-state index in [0.29, 0.717) is 19.6 Å². The first-order valence-electron chi connectivity index (χ1n) is 10.2. The van der Waals surface area contributed by atoms with Crippen LogP contribution in [0.2, 0.25) is 0 Å². The number of ether oxygens (including phenoxy) is 2. The van der Waals surface area contributed by atoms with E-state index in [4.69, 9.17) is 9.47 Å². The maximum absolute atomic E-state index is 11.4. The molecule has 0 spiro atoms. The number of unbranched alkanes of at least 4 members (excludes halogenated alkanes) is 8. The smallest absolute Gasteiger partial charge is 0.305 e. The van der Waals surface area contributed by atoms with Crippen molar-refractivity contribution in [3.05, 3.63) is 12.2 Å². The number of allylic oxidation sites excluding steroid dienone is 1. The van der Waals surface area contributed by atoms with Gasteiger partial charge in [0, 0.05) is 13.5 Å². The predicted octanol–water partition coefficient (Wildman–Crippen LogP) is 5.18. The molecule has 0 amide bonds. The molecule has 1 N–H and O–H groups in total. The lowest BCUT2D eigenvalue weighted by Crippen LogP contribution is -2.09. The van der Waals surface area contributed by atoms with Crippen molar-refractivity contribution in [3.8, 4) is 0 Å². The van der Waals surface area contributed by atoms with E-state index in [0.717, 1.165) is 38.5 Å². The van der Waals surface area contributed by atoms with Gasteiger partial charge in [-0.15, -0.1) is 0 Å². The van der Waals surface area contributed by atoms with Crippen LogP contribution >= 0.6 is 0 Å². The van der Waals surface area contributed by atoms with E-state index in [2.05, 4.69) is 19.1 Å². The number of carbonyl (C=O) groups is 1. The third kappa shape index (κ3) is 19.3. The molecule has 0 saturated carbocycles. The van der Waals surface area contributed by atoms with E-state index >= 15 is 0 Å². The molecular formula is C21H40O4. The van der Waals surface area contributed by atoms with Gasteiger partial charge < -0.3 is 14.6 Å². The fourth-order valence-corrected chi connectivity index (χ4v) is 2.67. The van der Waals surface area contributed by atoms with Crippen LogP contribution < -0.4 is 0 Å². The first-order chi connectivity index (χ1) is 12.2. The summed E-state index contributed by atoms with van der Waals surface area (Å²) < 4.78 is 9.85. The van der Waals surface area contributed by atoms with Gasteiger partial charge in [0.25, 0.3) is 0 Å². The number of esters is 1. The molecule has 25 heavy (non-hydrogen) atoms. The second-order valence-electron chi connectivity index (χ2n) is 6.73. The highest BCUT2D eigenvalue weighted by Gasteiger charge is 2.02. The van der Waals surface area contributed by atoms with Gasteiger partial charge >= 0.3 is 5.97 Å². The summed E-state index contributed by atoms with van der Waals surface area (Å²) in [6.07, 6.45) is 17.9. The summed E-state index contributed by atoms with van der Waals surface area (Å²) in [4.78, 5) is 11.4. The maximum atomic E-state index is 11.4. The maximum Gasteiger partial charge on any atom is 0.305 e. The van der Waals surface area contributed by atoms with Gasteiger partial charge in [-0.1, -0.05) is 64.0 Å². The Kier molecular flexibility index (Phi) is 18.8. The van der Waals surface area contributed by atoms with Crippen molar-refractivity contribution in [2.24, 2.45) is 0 Å². The average Bonchev–Trinajstić information content (AvgIpc) is 2.60. The Hall–Kier alpha value is -0.870. The second kappa shape index (κ2) is 19.5. The Labute approximate surface area is 155 Å². The molecule has 4 heteroatoms. The molecule has 0 unspecified atom stereocenters. The minimum Gasteiger partial charge on any atom is -0.463 e. The van der Waals surface area contributed by atoms with E-state index in [1.54, 1.807) is 7.11 Å². The van der Waals surface area contributed by atoms with Crippen LogP contribution in [0.1, 0.15) is 90.4 Å². The van der Waals surface area contributed by atoms with E-state index in [-0.39, 0.29) is 12.1 Å². The molecule has 0 aliphatic rings. The minimum atomic E-state index is -0.170. The van der Waals surface area contributed by atoms with Crippen LogP contribution in [-0.2, 0) is 14.3 Å². The van der Waals surface area contributed by atoms with Crippen molar-refractivity contribution >= 4 is 5.97 Å². The van der Waals surface area contributed by atoms with Gasteiger partial charge in [-0.3, -0.25) is 4.79 Å². The summed E-state index contributed by atoms with van der Waals surface area (Å²) in [6.45, 7) is 3.03. The van der Waals surface area contributed by atoms with Crippen LogP contribution in [0.4, 0.5) is 0 Å². The van der Waals surface area contributed by atoms with Crippen molar-refractivity contribution in [1.29, 1.82) is 0 Å². The molecule has 0 fully saturated rings. The van der Waals surface area contributed by atoms with Crippen molar-refractivity contribution in [2.75, 3.05) is 20.3 Å². The summed E-state index contributed by atoms with van der Waals surface area (Å²) in [5.74, 6) is -0.117. The minimum absolute atomic E-state index is 0.117. The Morgan fingerprint density at radius 1 is 0.960 bits per heavy atom. The summed E-state index contributed by atoms with van der Waals surface area (Å²) in [6, 6.07) is 0. The van der Waals surface area contributed by atoms with Crippen molar-refractivity contribution in [3.63, 3.8) is 0 Å². The monoisotopic (exact) mass is 356 g/mol. The fourth-order valence-electron chi connectivity index (χ4n) is 2.67. The molecule has 1 atom stereocenters. The third-order valence-electron chi connectivity index (χ3n) is 4.27. The number of aliphatic hydroxyl groups is 1. The molecule has 0 aliphatic heterocycles. The lowest BCUT2D eigenvalue weighted by atomic mass is 10.1. The van der Waals surface area contributed by atoms with Crippen LogP contribution in [0.3, 0.4) is 0 Å². The fraction of sp³-hybridized carbons (Fsp3) is 0.857. The SMILES string of the molecule is CCCCCC[C@@H](O)C/C=C/CCCCCCCC(=O)OCCOC. The molecule has 0 aromatic heterocycles. The summed E-state index contributed by atoms with van der Waals surface area (Å²) in [5, 5.41) is 9.87. The Balaban J connectivity index is 3.30. The summed E-state index contributed by atoms with van der Waals surface area (Å²) in [5.41, 5.74) is 0. The lowest BCUT2D eigenvalue weighted by Gasteiger charge is -2.07. The Morgan fingerprint density at radius 3 is 2.44 bits per heavy atom. The first kappa shape index (κ1) is 24.1. The van der Waals surface area contributed by atoms with Gasteiger partial charge in [-0.05, 0) is 32.1 Å². The standard InChI is InChI=1S/C21H40O4/c1-3-4-5-12-15-20(22)16-13-10-8-6-7-9-11-14-17-21(23)25-19-18-24-2/h10,13,20,22H,3-9,11-12,14-19H2,1-2H3/b13-10+/t20-/m1/s1. The lowest BCUT2D eigenvalue weighted by molar-refractivity contribution is -0.145. The highest BCUT2D eigenvalue weighted by molar-refractivity contribution is 5.69. The number of hydrogen-bond donors (Lipinski definition) is 1. The molecule has 0 aromatic rings. The average molecular weight is 357 g/mol. The zero-order valence-corrected chi connectivity index (χ0v) is 16.5. The van der Waals surface area contributed by atoms with Crippen LogP contribution in [0.25, 0.3) is 0 Å². The van der Waals surface area contributed by atoms with Crippen LogP contribution in [0.5, 0.6) is 0 Å². The Bertz CT molecular complexity index is 315. The molecule has 148 valence electrons. The molecule has 0 aliphatic carbocycles. The van der Waals surface area contributed by atoms with Gasteiger partial charge in [0.1, 0.15) is 6.61 Å². The first-order valence-corrected chi connectivity index (χ1v) is 10.2. The molecule has 0 saturated heterocycles. The van der Waals surface area contributed by atoms with Crippen LogP contribution in [-0.4, -0.2) is 37.5 Å². The van der Waals surface area contributed by atoms with Gasteiger partial charge in [0.15, 0.2) is 0 Å². The van der Waals surface area contributed by atoms with Crippen LogP contribution in [0, 0.1) is 0 Å². The quantitative estimate of drug-likeness (QED) is 0.209. The van der Waals surface area contributed by atoms with Crippen molar-refractivity contribution < 1.29 is 19.4 Å². The van der Waals surface area contributed by atoms with Crippen LogP contribution in [0.15, 0.2) is 12.2 Å². The number of methoxy groups -OCH3 is 1. The van der Waals surface area contributed by atoms with Crippen molar-refractivity contribution in [2.45, 2.75) is 96.5 Å². The van der Waals surface area contributed by atoms with Gasteiger partial charge in [0.05, 0.1) is 12.7 Å². The highest BCUT2D eigenvalue weighted by Crippen LogP contribution is 2.10. The molecule has 0 bridgehead atoms. The second-order valence-corrected chi connectivity index (χ2v) is 6.73. The van der Waals surface area contributed by atoms with Gasteiger partial charge in [0.2, 0.25) is 0 Å². The Morgan fingerprint density at radius 2 is 1.68 bits per heavy atom. The van der Waals surface area contributed by atoms with Gasteiger partial charge in [-0.25, -0.2) is 0 Å². The molecule has 0 rings (SSSR count). The topological polar surface area (TPSA) is 55.8 Å². The number of rotatable bonds is 18. The summed E-state index contributed by atoms with van der Waals surface area (Å²) >= 11 is 0. The molecule has 0 heterocycles. The number of carbonyl (C=O) groups excluding carboxylic acids is 1. The third-order valence-corrected chi connectivity index (χ3v) is 4.27. The molecule has 4 nitrogen and oxygen atoms in total. The molecule has 0 radical (unpaired) electrons. The van der Waals surface area contributed by atoms with Gasteiger partial charge in [-0.2, -0.15) is 0 Å². The molecular weight excluding hydrogens is 316 g/mol. The number of hydrogen-bond acceptors (Lipinski definition) is 4. The largest absolute Gasteiger partial charge is 0.463 e. The summed E-state index contributed by atoms with van der Waals surface area (Å²) in [7, 11) is 1.60. The van der Waals surface area contributed by atoms with E-state index in [1.165, 1.54) is 38.5 Å². The van der Waals surface area contributed by atoms with E-state index < -0.39 is 0 Å². The highest BCUT2D eigenvalue weighted by atomic mass is 16.6. The normalized spacial score (nSPS) is 12.6. The van der Waals surface area contributed by atoms with E-state index in [9.17, 15) is 9.90 Å². The zero-order valence-electron chi connectivity index (χ0n) is 16.5.